The van der Waals surface area contributed by atoms with Crippen LogP contribution in [0, 0.1) is 4.91 Å². The third-order valence-electron chi connectivity index (χ3n) is 2.84. The second-order valence-corrected chi connectivity index (χ2v) is 7.34. The van der Waals surface area contributed by atoms with E-state index in [1.54, 1.807) is 0 Å². The minimum Gasteiger partial charge on any atom is -0.507 e. The van der Waals surface area contributed by atoms with E-state index in [0.29, 0.717) is 5.75 Å². The molecular formula is C14H21NO2S. The molecule has 1 N–H and O–H groups in total. The average molecular weight is 267 g/mol. The monoisotopic (exact) mass is 267 g/mol. The Balaban J connectivity index is 3.53. The van der Waals surface area contributed by atoms with E-state index in [2.05, 4.69) is 4.58 Å². The van der Waals surface area contributed by atoms with Gasteiger partial charge in [-0.25, -0.2) is 0 Å². The number of phenols is 1. The number of benzene rings is 1. The molecule has 0 atom stereocenters. The zero-order valence-corrected chi connectivity index (χ0v) is 12.7. The van der Waals surface area contributed by atoms with Crippen molar-refractivity contribution in [2.24, 2.45) is 4.58 Å². The molecule has 0 fully saturated rings. The minimum atomic E-state index is -0.177. The van der Waals surface area contributed by atoms with E-state index in [1.807, 2.05) is 53.7 Å². The number of nitroso groups, excluding NO2 is 1. The molecule has 1 aromatic carbocycles. The summed E-state index contributed by atoms with van der Waals surface area (Å²) >= 11 is 0.903. The van der Waals surface area contributed by atoms with Crippen LogP contribution in [0.3, 0.4) is 0 Å². The lowest BCUT2D eigenvalue weighted by molar-refractivity contribution is 0.422. The minimum absolute atomic E-state index is 0.177. The molecule has 0 aliphatic heterocycles. The molecule has 0 aliphatic carbocycles. The topological polar surface area (TPSA) is 49.7 Å². The Morgan fingerprint density at radius 3 is 1.67 bits per heavy atom. The summed E-state index contributed by atoms with van der Waals surface area (Å²) in [5, 5.41) is 10.4. The maximum Gasteiger partial charge on any atom is 0.123 e. The number of nitrogens with zero attached hydrogens (tertiary/aromatic N) is 1. The van der Waals surface area contributed by atoms with Crippen molar-refractivity contribution in [1.29, 1.82) is 0 Å². The molecule has 1 aromatic rings. The van der Waals surface area contributed by atoms with Crippen molar-refractivity contribution in [3.8, 4) is 5.75 Å². The molecule has 0 bridgehead atoms. The Bertz CT molecular complexity index is 421. The number of hydrogen-bond acceptors (Lipinski definition) is 4. The highest BCUT2D eigenvalue weighted by molar-refractivity contribution is 7.98. The Morgan fingerprint density at radius 2 is 1.39 bits per heavy atom. The summed E-state index contributed by atoms with van der Waals surface area (Å²) in [4.78, 5) is 11.2. The molecule has 0 aromatic heterocycles. The van der Waals surface area contributed by atoms with E-state index in [-0.39, 0.29) is 10.8 Å². The van der Waals surface area contributed by atoms with Gasteiger partial charge < -0.3 is 5.11 Å². The van der Waals surface area contributed by atoms with Gasteiger partial charge in [-0.15, -0.1) is 4.91 Å². The molecule has 0 heterocycles. The van der Waals surface area contributed by atoms with Crippen molar-refractivity contribution in [3.05, 3.63) is 28.2 Å². The zero-order valence-electron chi connectivity index (χ0n) is 11.9. The number of aromatic hydroxyl groups is 1. The Morgan fingerprint density at radius 1 is 1.00 bits per heavy atom. The highest BCUT2D eigenvalue weighted by Gasteiger charge is 2.26. The van der Waals surface area contributed by atoms with Crippen LogP contribution in [0.5, 0.6) is 5.75 Å². The van der Waals surface area contributed by atoms with Crippen molar-refractivity contribution in [2.45, 2.75) is 57.3 Å². The lowest BCUT2D eigenvalue weighted by Gasteiger charge is -2.27. The van der Waals surface area contributed by atoms with Gasteiger partial charge in [0, 0.05) is 20.6 Å². The van der Waals surface area contributed by atoms with Crippen LogP contribution < -0.4 is 0 Å². The number of phenolic OH excluding ortho intramolecular Hbond substituents is 1. The van der Waals surface area contributed by atoms with Crippen LogP contribution >= 0.6 is 11.9 Å². The first-order chi connectivity index (χ1) is 8.07. The first-order valence-corrected chi connectivity index (χ1v) is 6.72. The van der Waals surface area contributed by atoms with Gasteiger partial charge in [-0.1, -0.05) is 41.5 Å². The van der Waals surface area contributed by atoms with E-state index >= 15 is 0 Å². The van der Waals surface area contributed by atoms with Crippen LogP contribution in [0.2, 0.25) is 0 Å². The van der Waals surface area contributed by atoms with Crippen LogP contribution in [0.15, 0.2) is 21.6 Å². The molecule has 0 unspecified atom stereocenters. The third-order valence-corrected chi connectivity index (χ3v) is 3.36. The maximum absolute atomic E-state index is 10.4. The second kappa shape index (κ2) is 4.92. The lowest BCUT2D eigenvalue weighted by atomic mass is 9.79. The normalized spacial score (nSPS) is 12.6. The predicted octanol–water partition coefficient (Wildman–Crippen LogP) is 4.76. The van der Waals surface area contributed by atoms with E-state index < -0.39 is 0 Å². The van der Waals surface area contributed by atoms with E-state index in [4.69, 9.17) is 0 Å². The Kier molecular flexibility index (Phi) is 4.11. The fourth-order valence-corrected chi connectivity index (χ4v) is 2.27. The summed E-state index contributed by atoms with van der Waals surface area (Å²) in [6, 6.07) is 3.69. The fraction of sp³-hybridized carbons (Fsp3) is 0.571. The van der Waals surface area contributed by atoms with Crippen molar-refractivity contribution in [2.75, 3.05) is 0 Å². The summed E-state index contributed by atoms with van der Waals surface area (Å²) < 4.78 is 2.87. The molecule has 0 spiro atoms. The summed E-state index contributed by atoms with van der Waals surface area (Å²) in [7, 11) is 0. The van der Waals surface area contributed by atoms with Crippen molar-refractivity contribution >= 4 is 11.9 Å². The van der Waals surface area contributed by atoms with E-state index in [0.717, 1.165) is 28.0 Å². The highest BCUT2D eigenvalue weighted by atomic mass is 32.2. The van der Waals surface area contributed by atoms with Crippen LogP contribution in [0.1, 0.15) is 52.7 Å². The van der Waals surface area contributed by atoms with Crippen LogP contribution in [-0.2, 0) is 10.8 Å². The largest absolute Gasteiger partial charge is 0.507 e. The van der Waals surface area contributed by atoms with Gasteiger partial charge in [0.15, 0.2) is 0 Å². The van der Waals surface area contributed by atoms with Gasteiger partial charge in [0.05, 0.1) is 11.9 Å². The quantitative estimate of drug-likeness (QED) is 0.620. The van der Waals surface area contributed by atoms with Gasteiger partial charge in [-0.2, -0.15) is 0 Å². The predicted molar refractivity (Wildman–Crippen MR) is 77.2 cm³/mol. The molecule has 18 heavy (non-hydrogen) atoms. The molecule has 100 valence electrons. The van der Waals surface area contributed by atoms with E-state index in [9.17, 15) is 10.0 Å². The summed E-state index contributed by atoms with van der Waals surface area (Å²) in [5.74, 6) is 0.324. The lowest BCUT2D eigenvalue weighted by Crippen LogP contribution is -2.17. The molecule has 1 rings (SSSR count). The summed E-state index contributed by atoms with van der Waals surface area (Å²) in [5.41, 5.74) is 1.34. The first-order valence-electron chi connectivity index (χ1n) is 5.95. The molecule has 0 amide bonds. The smallest absolute Gasteiger partial charge is 0.123 e. The van der Waals surface area contributed by atoms with Gasteiger partial charge in [0.1, 0.15) is 5.75 Å². The summed E-state index contributed by atoms with van der Waals surface area (Å²) in [6.07, 6.45) is 0. The van der Waals surface area contributed by atoms with Gasteiger partial charge in [0.2, 0.25) is 0 Å². The molecule has 0 saturated carbocycles. The van der Waals surface area contributed by atoms with Crippen molar-refractivity contribution in [1.82, 2.24) is 0 Å². The van der Waals surface area contributed by atoms with Crippen molar-refractivity contribution in [3.63, 3.8) is 0 Å². The SMILES string of the molecule is CC(C)(C)c1cc(SN=O)cc(C(C)(C)C)c1O. The molecule has 3 nitrogen and oxygen atoms in total. The zero-order chi connectivity index (χ0) is 14.1. The number of hydrogen-bond donors (Lipinski definition) is 1. The van der Waals surface area contributed by atoms with Gasteiger partial charge in [-0.3, -0.25) is 0 Å². The van der Waals surface area contributed by atoms with E-state index in [1.165, 1.54) is 0 Å². The van der Waals surface area contributed by atoms with Gasteiger partial charge in [-0.05, 0) is 23.0 Å². The standard InChI is InChI=1S/C14H21NO2S/c1-13(2,3)10-7-9(18-15-17)8-11(12(10)16)14(4,5)6/h7-8,16H,1-6H3. The second-order valence-electron chi connectivity index (χ2n) is 6.53. The van der Waals surface area contributed by atoms with Crippen LogP contribution in [-0.4, -0.2) is 5.11 Å². The van der Waals surface area contributed by atoms with Gasteiger partial charge >= 0.3 is 0 Å². The highest BCUT2D eigenvalue weighted by Crippen LogP contribution is 2.41. The van der Waals surface area contributed by atoms with Gasteiger partial charge in [0.25, 0.3) is 0 Å². The Labute approximate surface area is 113 Å². The van der Waals surface area contributed by atoms with Crippen LogP contribution in [0.25, 0.3) is 0 Å². The fourth-order valence-electron chi connectivity index (χ4n) is 1.85. The average Bonchev–Trinajstić information content (AvgIpc) is 2.17. The maximum atomic E-state index is 10.4. The molecular weight excluding hydrogens is 246 g/mol. The Hall–Kier alpha value is -1.03. The molecule has 0 radical (unpaired) electrons. The first kappa shape index (κ1) is 15.0. The number of rotatable bonds is 2. The molecule has 4 heteroatoms. The molecule has 0 aliphatic rings. The van der Waals surface area contributed by atoms with Crippen LogP contribution in [0.4, 0.5) is 0 Å². The summed E-state index contributed by atoms with van der Waals surface area (Å²) in [6.45, 7) is 12.2. The molecule has 0 saturated heterocycles. The van der Waals surface area contributed by atoms with Crippen molar-refractivity contribution < 1.29 is 5.11 Å². The third kappa shape index (κ3) is 3.25.